The van der Waals surface area contributed by atoms with Gasteiger partial charge in [-0.1, -0.05) is 35.5 Å². The molecule has 2 aliphatic rings. The lowest BCUT2D eigenvalue weighted by Crippen LogP contribution is -2.30. The molecule has 2 fully saturated rings. The maximum Gasteiger partial charge on any atom is 0.308 e. The molecule has 1 saturated carbocycles. The zero-order chi connectivity index (χ0) is 19.3. The van der Waals surface area contributed by atoms with Gasteiger partial charge in [0.05, 0.1) is 16.9 Å². The summed E-state index contributed by atoms with van der Waals surface area (Å²) in [5.74, 6) is -1.20. The molecule has 0 spiro atoms. The first kappa shape index (κ1) is 16.9. The van der Waals surface area contributed by atoms with E-state index in [0.29, 0.717) is 41.2 Å². The van der Waals surface area contributed by atoms with E-state index in [0.717, 1.165) is 24.1 Å². The Morgan fingerprint density at radius 3 is 2.61 bits per heavy atom. The minimum atomic E-state index is -0.858. The van der Waals surface area contributed by atoms with Crippen molar-refractivity contribution in [2.45, 2.75) is 25.2 Å². The number of carbonyl (C=O) groups is 2. The molecule has 5 rings (SSSR count). The monoisotopic (exact) mass is 377 g/mol. The number of aromatic nitrogens is 2. The van der Waals surface area contributed by atoms with Gasteiger partial charge in [-0.05, 0) is 25.3 Å². The van der Waals surface area contributed by atoms with Crippen LogP contribution in [0.1, 0.15) is 41.2 Å². The number of aliphatic carboxylic acids is 1. The predicted molar refractivity (Wildman–Crippen MR) is 101 cm³/mol. The van der Waals surface area contributed by atoms with E-state index in [4.69, 9.17) is 4.52 Å². The summed E-state index contributed by atoms with van der Waals surface area (Å²) in [6.45, 7) is 0.660. The number of carbonyl (C=O) groups excluding carboxylic acids is 1. The van der Waals surface area contributed by atoms with Gasteiger partial charge in [0.15, 0.2) is 0 Å². The molecule has 1 N–H and O–H groups in total. The van der Waals surface area contributed by atoms with Crippen LogP contribution in [0.3, 0.4) is 0 Å². The second-order valence-corrected chi connectivity index (χ2v) is 7.52. The van der Waals surface area contributed by atoms with Gasteiger partial charge in [-0.3, -0.25) is 9.59 Å². The van der Waals surface area contributed by atoms with Crippen LogP contribution in [0.4, 0.5) is 0 Å². The van der Waals surface area contributed by atoms with Gasteiger partial charge >= 0.3 is 5.97 Å². The van der Waals surface area contributed by atoms with Crippen LogP contribution in [0.25, 0.3) is 22.4 Å². The number of nitrogens with zero attached hydrogens (tertiary/aromatic N) is 3. The molecule has 1 unspecified atom stereocenters. The van der Waals surface area contributed by atoms with Gasteiger partial charge in [0.1, 0.15) is 5.69 Å². The van der Waals surface area contributed by atoms with Gasteiger partial charge in [0.25, 0.3) is 11.6 Å². The molecule has 1 aliphatic carbocycles. The average Bonchev–Trinajstić information content (AvgIpc) is 3.28. The molecule has 3 aromatic rings. The van der Waals surface area contributed by atoms with Crippen LogP contribution in [-0.2, 0) is 4.79 Å². The number of carboxylic acid groups (broad SMARTS) is 1. The van der Waals surface area contributed by atoms with Crippen molar-refractivity contribution in [2.75, 3.05) is 13.1 Å². The van der Waals surface area contributed by atoms with E-state index in [9.17, 15) is 14.7 Å². The Labute approximate surface area is 161 Å². The van der Waals surface area contributed by atoms with Gasteiger partial charge < -0.3 is 14.5 Å². The lowest BCUT2D eigenvalue weighted by Gasteiger charge is -2.17. The molecule has 0 radical (unpaired) electrons. The molecule has 7 heteroatoms. The van der Waals surface area contributed by atoms with Gasteiger partial charge in [-0.25, -0.2) is 4.98 Å². The van der Waals surface area contributed by atoms with E-state index < -0.39 is 11.9 Å². The summed E-state index contributed by atoms with van der Waals surface area (Å²) in [6.07, 6.45) is 2.58. The number of pyridine rings is 1. The third-order valence-electron chi connectivity index (χ3n) is 5.56. The molecule has 7 nitrogen and oxygen atoms in total. The number of carboxylic acids is 1. The topological polar surface area (TPSA) is 96.5 Å². The molecule has 1 aliphatic heterocycles. The molecule has 0 bridgehead atoms. The first-order valence-electron chi connectivity index (χ1n) is 9.49. The average molecular weight is 377 g/mol. The number of rotatable bonds is 4. The first-order valence-corrected chi connectivity index (χ1v) is 9.49. The molecule has 3 heterocycles. The van der Waals surface area contributed by atoms with Crippen molar-refractivity contribution in [3.8, 4) is 11.3 Å². The van der Waals surface area contributed by atoms with Crippen molar-refractivity contribution in [1.29, 1.82) is 0 Å². The fourth-order valence-corrected chi connectivity index (χ4v) is 3.84. The van der Waals surface area contributed by atoms with Crippen molar-refractivity contribution < 1.29 is 19.2 Å². The van der Waals surface area contributed by atoms with Crippen LogP contribution in [0.15, 0.2) is 40.9 Å². The third kappa shape index (κ3) is 2.83. The third-order valence-corrected chi connectivity index (χ3v) is 5.56. The highest BCUT2D eigenvalue weighted by molar-refractivity contribution is 6.09. The van der Waals surface area contributed by atoms with Crippen molar-refractivity contribution in [1.82, 2.24) is 15.0 Å². The molecule has 1 saturated heterocycles. The summed E-state index contributed by atoms with van der Waals surface area (Å²) in [7, 11) is 0. The maximum atomic E-state index is 13.3. The summed E-state index contributed by atoms with van der Waals surface area (Å²) >= 11 is 0. The first-order chi connectivity index (χ1) is 13.6. The zero-order valence-corrected chi connectivity index (χ0v) is 15.2. The van der Waals surface area contributed by atoms with E-state index in [1.807, 2.05) is 36.4 Å². The van der Waals surface area contributed by atoms with E-state index in [2.05, 4.69) is 10.1 Å². The SMILES string of the molecule is O=C(O)C1CCN(C(=O)c2cc(C3CC3)nc3onc(-c4ccccc4)c23)C1. The smallest absolute Gasteiger partial charge is 0.308 e. The summed E-state index contributed by atoms with van der Waals surface area (Å²) in [5.41, 5.74) is 3.14. The summed E-state index contributed by atoms with van der Waals surface area (Å²) in [4.78, 5) is 30.9. The molecule has 1 atom stereocenters. The van der Waals surface area contributed by atoms with Crippen molar-refractivity contribution in [2.24, 2.45) is 5.92 Å². The van der Waals surface area contributed by atoms with Crippen molar-refractivity contribution in [3.63, 3.8) is 0 Å². The largest absolute Gasteiger partial charge is 0.481 e. The van der Waals surface area contributed by atoms with Crippen LogP contribution in [0, 0.1) is 5.92 Å². The van der Waals surface area contributed by atoms with Crippen LogP contribution in [0.5, 0.6) is 0 Å². The Morgan fingerprint density at radius 2 is 1.93 bits per heavy atom. The van der Waals surface area contributed by atoms with Gasteiger partial charge in [0.2, 0.25) is 0 Å². The Kier molecular flexibility index (Phi) is 3.89. The van der Waals surface area contributed by atoms with Crippen LogP contribution in [0.2, 0.25) is 0 Å². The number of likely N-dealkylation sites (tertiary alicyclic amines) is 1. The zero-order valence-electron chi connectivity index (χ0n) is 15.2. The number of hydrogen-bond acceptors (Lipinski definition) is 5. The number of amides is 1. The molecule has 28 heavy (non-hydrogen) atoms. The van der Waals surface area contributed by atoms with E-state index in [1.165, 1.54) is 0 Å². The highest BCUT2D eigenvalue weighted by Crippen LogP contribution is 2.41. The van der Waals surface area contributed by atoms with Crippen LogP contribution < -0.4 is 0 Å². The lowest BCUT2D eigenvalue weighted by molar-refractivity contribution is -0.141. The quantitative estimate of drug-likeness (QED) is 0.749. The van der Waals surface area contributed by atoms with Crippen LogP contribution >= 0.6 is 0 Å². The minimum Gasteiger partial charge on any atom is -0.481 e. The maximum absolute atomic E-state index is 13.3. The van der Waals surface area contributed by atoms with E-state index in [-0.39, 0.29) is 12.5 Å². The second-order valence-electron chi connectivity index (χ2n) is 7.52. The Bertz CT molecular complexity index is 1070. The summed E-state index contributed by atoms with van der Waals surface area (Å²) < 4.78 is 5.51. The van der Waals surface area contributed by atoms with Crippen LogP contribution in [-0.4, -0.2) is 45.1 Å². The highest BCUT2D eigenvalue weighted by atomic mass is 16.5. The van der Waals surface area contributed by atoms with E-state index >= 15 is 0 Å². The predicted octanol–water partition coefficient (Wildman–Crippen LogP) is 3.31. The molecule has 1 aromatic carbocycles. The molecular formula is C21H19N3O4. The second kappa shape index (κ2) is 6.44. The normalized spacial score (nSPS) is 19.3. The number of benzene rings is 1. The number of fused-ring (bicyclic) bond motifs is 1. The molecular weight excluding hydrogens is 358 g/mol. The van der Waals surface area contributed by atoms with Gasteiger partial charge in [-0.15, -0.1) is 0 Å². The summed E-state index contributed by atoms with van der Waals surface area (Å²) in [5, 5.41) is 14.1. The van der Waals surface area contributed by atoms with Gasteiger partial charge in [0, 0.05) is 30.3 Å². The van der Waals surface area contributed by atoms with E-state index in [1.54, 1.807) is 4.90 Å². The minimum absolute atomic E-state index is 0.182. The van der Waals surface area contributed by atoms with Crippen molar-refractivity contribution in [3.05, 3.63) is 47.7 Å². The Hall–Kier alpha value is -3.22. The van der Waals surface area contributed by atoms with Crippen molar-refractivity contribution >= 4 is 23.0 Å². The standard InChI is InChI=1S/C21H19N3O4/c25-20(24-9-8-14(11-24)21(26)27)15-10-16(12-6-7-12)22-19-17(15)18(23-28-19)13-4-2-1-3-5-13/h1-5,10,12,14H,6-9,11H2,(H,26,27). The Balaban J connectivity index is 1.62. The Morgan fingerprint density at radius 1 is 1.14 bits per heavy atom. The lowest BCUT2D eigenvalue weighted by atomic mass is 10.0. The molecule has 142 valence electrons. The highest BCUT2D eigenvalue weighted by Gasteiger charge is 2.34. The summed E-state index contributed by atoms with van der Waals surface area (Å²) in [6, 6.07) is 11.4. The van der Waals surface area contributed by atoms with Gasteiger partial charge in [-0.2, -0.15) is 0 Å². The molecule has 2 aromatic heterocycles. The molecule has 1 amide bonds. The fraction of sp³-hybridized carbons (Fsp3) is 0.333. The number of hydrogen-bond donors (Lipinski definition) is 1. The fourth-order valence-electron chi connectivity index (χ4n) is 3.84.